The quantitative estimate of drug-likeness (QED) is 0.478. The van der Waals surface area contributed by atoms with Gasteiger partial charge in [-0.1, -0.05) is 55.2 Å². The molecule has 0 amide bonds. The highest BCUT2D eigenvalue weighted by molar-refractivity contribution is 5.94. The highest BCUT2D eigenvalue weighted by Crippen LogP contribution is 2.32. The van der Waals surface area contributed by atoms with Gasteiger partial charge in [-0.05, 0) is 44.4 Å². The number of fused-ring (bicyclic) bond motifs is 3. The third kappa shape index (κ3) is 3.05. The summed E-state index contributed by atoms with van der Waals surface area (Å²) in [6.45, 7) is 4.23. The van der Waals surface area contributed by atoms with Crippen LogP contribution >= 0.6 is 0 Å². The Bertz CT molecular complexity index is 1190. The highest BCUT2D eigenvalue weighted by atomic mass is 15.4. The van der Waals surface area contributed by atoms with Crippen LogP contribution in [0.3, 0.4) is 0 Å². The van der Waals surface area contributed by atoms with Crippen LogP contribution in [0.25, 0.3) is 27.9 Å². The maximum atomic E-state index is 5.12. The summed E-state index contributed by atoms with van der Waals surface area (Å²) in [5.41, 5.74) is 5.36. The summed E-state index contributed by atoms with van der Waals surface area (Å²) in [6.07, 6.45) is 6.35. The lowest BCUT2D eigenvalue weighted by Crippen LogP contribution is -2.35. The van der Waals surface area contributed by atoms with E-state index in [9.17, 15) is 0 Å². The van der Waals surface area contributed by atoms with Gasteiger partial charge in [0.1, 0.15) is 0 Å². The van der Waals surface area contributed by atoms with Crippen molar-refractivity contribution in [3.8, 4) is 11.4 Å². The zero-order valence-electron chi connectivity index (χ0n) is 17.4. The van der Waals surface area contributed by atoms with Gasteiger partial charge in [-0.15, -0.1) is 10.2 Å². The maximum Gasteiger partial charge on any atom is 0.213 e. The molecule has 0 bridgehead atoms. The Morgan fingerprint density at radius 3 is 2.55 bits per heavy atom. The van der Waals surface area contributed by atoms with Gasteiger partial charge in [-0.2, -0.15) is 0 Å². The van der Waals surface area contributed by atoms with Gasteiger partial charge in [0.2, 0.25) is 5.95 Å². The average molecular weight is 386 g/mol. The van der Waals surface area contributed by atoms with Crippen molar-refractivity contribution in [3.05, 3.63) is 53.6 Å². The summed E-state index contributed by atoms with van der Waals surface area (Å²) in [7, 11) is 2.18. The summed E-state index contributed by atoms with van der Waals surface area (Å²) in [5, 5.41) is 10.3. The third-order valence-corrected chi connectivity index (χ3v) is 6.30. The molecule has 1 saturated carbocycles. The van der Waals surface area contributed by atoms with Crippen LogP contribution in [0, 0.1) is 13.8 Å². The molecule has 4 aromatic rings. The Morgan fingerprint density at radius 1 is 0.966 bits per heavy atom. The fraction of sp³-hybridized carbons (Fsp3) is 0.375. The number of benzene rings is 2. The van der Waals surface area contributed by atoms with Gasteiger partial charge < -0.3 is 4.90 Å². The van der Waals surface area contributed by atoms with E-state index in [-0.39, 0.29) is 0 Å². The summed E-state index contributed by atoms with van der Waals surface area (Å²) in [6, 6.07) is 15.3. The van der Waals surface area contributed by atoms with Gasteiger partial charge in [0, 0.05) is 24.0 Å². The second kappa shape index (κ2) is 7.14. The lowest BCUT2D eigenvalue weighted by atomic mass is 9.95. The molecule has 0 aliphatic heterocycles. The highest BCUT2D eigenvalue weighted by Gasteiger charge is 2.25. The summed E-state index contributed by atoms with van der Waals surface area (Å²) < 4.78 is 2.17. The van der Waals surface area contributed by atoms with Crippen molar-refractivity contribution < 1.29 is 0 Å². The molecule has 5 rings (SSSR count). The maximum absolute atomic E-state index is 5.12. The predicted octanol–water partition coefficient (Wildman–Crippen LogP) is 5.33. The molecule has 0 atom stereocenters. The van der Waals surface area contributed by atoms with Crippen LogP contribution in [-0.4, -0.2) is 32.7 Å². The number of hydrogen-bond donors (Lipinski definition) is 0. The monoisotopic (exact) mass is 385 g/mol. The van der Waals surface area contributed by atoms with Crippen LogP contribution in [0.4, 0.5) is 5.95 Å². The second-order valence-electron chi connectivity index (χ2n) is 8.33. The summed E-state index contributed by atoms with van der Waals surface area (Å²) in [4.78, 5) is 7.47. The van der Waals surface area contributed by atoms with Crippen LogP contribution in [0.1, 0.15) is 43.2 Å². The molecule has 0 radical (unpaired) electrons. The molecule has 5 nitrogen and oxygen atoms in total. The van der Waals surface area contributed by atoms with Gasteiger partial charge >= 0.3 is 0 Å². The van der Waals surface area contributed by atoms with Crippen LogP contribution in [-0.2, 0) is 0 Å². The molecule has 0 unspecified atom stereocenters. The van der Waals surface area contributed by atoms with E-state index in [4.69, 9.17) is 4.98 Å². The Hall–Kier alpha value is -2.95. The Morgan fingerprint density at radius 2 is 1.76 bits per heavy atom. The van der Waals surface area contributed by atoms with Crippen molar-refractivity contribution in [2.24, 2.45) is 0 Å². The van der Waals surface area contributed by atoms with E-state index in [2.05, 4.69) is 82.9 Å². The number of aromatic nitrogens is 4. The zero-order valence-corrected chi connectivity index (χ0v) is 17.4. The lowest BCUT2D eigenvalue weighted by molar-refractivity contribution is 0.423. The minimum absolute atomic E-state index is 0.509. The van der Waals surface area contributed by atoms with E-state index in [1.165, 1.54) is 43.2 Å². The van der Waals surface area contributed by atoms with Crippen molar-refractivity contribution in [2.75, 3.05) is 11.9 Å². The molecule has 1 fully saturated rings. The molecule has 2 aromatic carbocycles. The van der Waals surface area contributed by atoms with E-state index >= 15 is 0 Å². The van der Waals surface area contributed by atoms with E-state index in [0.29, 0.717) is 6.04 Å². The Balaban J connectivity index is 1.80. The van der Waals surface area contributed by atoms with Gasteiger partial charge in [0.05, 0.1) is 5.52 Å². The predicted molar refractivity (Wildman–Crippen MR) is 118 cm³/mol. The van der Waals surface area contributed by atoms with Crippen LogP contribution in [0.5, 0.6) is 0 Å². The average Bonchev–Trinajstić information content (AvgIpc) is 3.19. The molecule has 2 aromatic heterocycles. The second-order valence-corrected chi connectivity index (χ2v) is 8.33. The molecule has 0 N–H and O–H groups in total. The molecule has 2 heterocycles. The van der Waals surface area contributed by atoms with Gasteiger partial charge in [0.25, 0.3) is 0 Å². The first-order valence-electron chi connectivity index (χ1n) is 10.6. The Labute approximate surface area is 171 Å². The minimum atomic E-state index is 0.509. The third-order valence-electron chi connectivity index (χ3n) is 6.30. The number of anilines is 1. The molecule has 1 aliphatic carbocycles. The van der Waals surface area contributed by atoms with E-state index < -0.39 is 0 Å². The SMILES string of the molecule is Cc1ccc2nc(N(C)C3CCCCC3)n3c(-c4ccccc4C)nnc3c2c1. The van der Waals surface area contributed by atoms with Crippen LogP contribution in [0.2, 0.25) is 0 Å². The number of nitrogens with zero attached hydrogens (tertiary/aromatic N) is 5. The van der Waals surface area contributed by atoms with Gasteiger partial charge in [0.15, 0.2) is 11.5 Å². The van der Waals surface area contributed by atoms with Gasteiger partial charge in [-0.3, -0.25) is 0 Å². The van der Waals surface area contributed by atoms with Gasteiger partial charge in [-0.25, -0.2) is 9.38 Å². The number of aryl methyl sites for hydroxylation is 2. The van der Waals surface area contributed by atoms with E-state index in [1.807, 2.05) is 0 Å². The summed E-state index contributed by atoms with van der Waals surface area (Å²) >= 11 is 0. The van der Waals surface area contributed by atoms with Crippen molar-refractivity contribution in [3.63, 3.8) is 0 Å². The lowest BCUT2D eigenvalue weighted by Gasteiger charge is -2.32. The van der Waals surface area contributed by atoms with E-state index in [0.717, 1.165) is 33.9 Å². The van der Waals surface area contributed by atoms with Crippen LogP contribution < -0.4 is 4.90 Å². The fourth-order valence-corrected chi connectivity index (χ4v) is 4.60. The van der Waals surface area contributed by atoms with Crippen molar-refractivity contribution in [2.45, 2.75) is 52.0 Å². The molecule has 0 spiro atoms. The van der Waals surface area contributed by atoms with Crippen molar-refractivity contribution >= 4 is 22.5 Å². The first kappa shape index (κ1) is 18.1. The molecular formula is C24H27N5. The molecular weight excluding hydrogens is 358 g/mol. The number of hydrogen-bond acceptors (Lipinski definition) is 4. The van der Waals surface area contributed by atoms with Crippen molar-refractivity contribution in [1.29, 1.82) is 0 Å². The largest absolute Gasteiger partial charge is 0.342 e. The van der Waals surface area contributed by atoms with Crippen LogP contribution in [0.15, 0.2) is 42.5 Å². The fourth-order valence-electron chi connectivity index (χ4n) is 4.60. The topological polar surface area (TPSA) is 46.3 Å². The van der Waals surface area contributed by atoms with Crippen molar-refractivity contribution in [1.82, 2.24) is 19.6 Å². The first-order chi connectivity index (χ1) is 14.1. The molecule has 148 valence electrons. The molecule has 1 aliphatic rings. The standard InChI is InChI=1S/C24H27N5/c1-16-13-14-21-20(15-16)23-27-26-22(19-12-8-7-9-17(19)2)29(23)24(25-21)28(3)18-10-5-4-6-11-18/h7-9,12-15,18H,4-6,10-11H2,1-3H3. The number of rotatable bonds is 3. The smallest absolute Gasteiger partial charge is 0.213 e. The molecule has 0 saturated heterocycles. The first-order valence-corrected chi connectivity index (χ1v) is 10.6. The Kier molecular flexibility index (Phi) is 4.46. The molecule has 5 heteroatoms. The minimum Gasteiger partial charge on any atom is -0.342 e. The van der Waals surface area contributed by atoms with E-state index in [1.54, 1.807) is 0 Å². The normalized spacial score (nSPS) is 15.3. The zero-order chi connectivity index (χ0) is 20.0. The summed E-state index contributed by atoms with van der Waals surface area (Å²) in [5.74, 6) is 1.80. The molecule has 29 heavy (non-hydrogen) atoms.